The molecule has 8 aromatic rings. The minimum Gasteiger partial charge on any atom is -0.472 e. The minimum absolute atomic E-state index is 0.317. The number of aromatic nitrogens is 3. The van der Waals surface area contributed by atoms with E-state index in [1.165, 1.54) is 34.4 Å². The molecule has 55 heavy (non-hydrogen) atoms. The molecule has 1 unspecified atom stereocenters. The molecule has 0 fully saturated rings. The Balaban J connectivity index is 1.15. The van der Waals surface area contributed by atoms with Crippen LogP contribution in [-0.4, -0.2) is 15.0 Å². The van der Waals surface area contributed by atoms with Crippen LogP contribution in [-0.2, 0) is 11.0 Å². The van der Waals surface area contributed by atoms with Gasteiger partial charge in [-0.3, -0.25) is 0 Å². The largest absolute Gasteiger partial charge is 0.472 e. The molecule has 7 aromatic carbocycles. The number of rotatable bonds is 5. The first-order valence-electron chi connectivity index (χ1n) is 18.3. The quantitative estimate of drug-likeness (QED) is 0.178. The lowest BCUT2D eigenvalue weighted by Crippen LogP contribution is -2.35. The van der Waals surface area contributed by atoms with Crippen LogP contribution in [0.2, 0.25) is 0 Å². The standard InChI is InChI=1S/C49H33F2N3O/c1-48(2)41-20-12-11-19-39(41)42-37-17-9-10-18-38(37)44-40(43(42)48)25-26-49(55-44,34-27-35(50)29-36(51)28-34)33-23-21-32(22-24-33)47-53-45(30-13-5-3-6-14-30)52-46(54-47)31-15-7-4-8-16-31/h3-29H,1-2H3. The minimum atomic E-state index is -1.37. The van der Waals surface area contributed by atoms with Gasteiger partial charge in [0.15, 0.2) is 23.1 Å². The zero-order valence-electron chi connectivity index (χ0n) is 30.1. The first-order chi connectivity index (χ1) is 26.8. The van der Waals surface area contributed by atoms with E-state index in [9.17, 15) is 0 Å². The lowest BCUT2D eigenvalue weighted by Gasteiger charge is -2.38. The number of nitrogens with zero attached hydrogens (tertiary/aromatic N) is 3. The van der Waals surface area contributed by atoms with Crippen molar-refractivity contribution in [2.24, 2.45) is 0 Å². The molecule has 0 saturated heterocycles. The van der Waals surface area contributed by atoms with E-state index in [1.54, 1.807) is 0 Å². The second kappa shape index (κ2) is 12.4. The summed E-state index contributed by atoms with van der Waals surface area (Å²) in [7, 11) is 0. The average Bonchev–Trinajstić information content (AvgIpc) is 3.47. The summed E-state index contributed by atoms with van der Waals surface area (Å²) in [5, 5.41) is 2.00. The topological polar surface area (TPSA) is 47.9 Å². The van der Waals surface area contributed by atoms with E-state index < -0.39 is 17.2 Å². The molecule has 1 aliphatic heterocycles. The highest BCUT2D eigenvalue weighted by atomic mass is 19.1. The van der Waals surface area contributed by atoms with Crippen molar-refractivity contribution in [3.63, 3.8) is 0 Å². The number of hydrogen-bond acceptors (Lipinski definition) is 4. The third-order valence-electron chi connectivity index (χ3n) is 11.0. The van der Waals surface area contributed by atoms with E-state index in [0.29, 0.717) is 34.3 Å². The van der Waals surface area contributed by atoms with Gasteiger partial charge in [-0.1, -0.05) is 153 Å². The third kappa shape index (κ3) is 5.20. The second-order valence-electron chi connectivity index (χ2n) is 14.7. The molecule has 4 nitrogen and oxygen atoms in total. The zero-order valence-corrected chi connectivity index (χ0v) is 30.1. The first-order valence-corrected chi connectivity index (χ1v) is 18.3. The molecule has 0 saturated carbocycles. The molecule has 1 atom stereocenters. The normalized spacial score (nSPS) is 16.3. The van der Waals surface area contributed by atoms with Gasteiger partial charge in [-0.2, -0.15) is 0 Å². The average molecular weight is 718 g/mol. The van der Waals surface area contributed by atoms with Gasteiger partial charge < -0.3 is 4.74 Å². The second-order valence-corrected chi connectivity index (χ2v) is 14.7. The molecule has 10 rings (SSSR count). The highest BCUT2D eigenvalue weighted by molar-refractivity contribution is 6.08. The fourth-order valence-corrected chi connectivity index (χ4v) is 8.45. The van der Waals surface area contributed by atoms with E-state index in [-0.39, 0.29) is 5.41 Å². The molecule has 0 bridgehead atoms. The zero-order chi connectivity index (χ0) is 37.3. The predicted octanol–water partition coefficient (Wildman–Crippen LogP) is 12.0. The Labute approximate surface area is 317 Å². The molecule has 0 N–H and O–H groups in total. The van der Waals surface area contributed by atoms with Crippen LogP contribution >= 0.6 is 0 Å². The molecule has 1 aromatic heterocycles. The maximum absolute atomic E-state index is 15.1. The molecule has 264 valence electrons. The van der Waals surface area contributed by atoms with Crippen LogP contribution in [0.15, 0.2) is 158 Å². The molecule has 1 aliphatic carbocycles. The van der Waals surface area contributed by atoms with E-state index >= 15 is 8.78 Å². The Morgan fingerprint density at radius 1 is 0.527 bits per heavy atom. The van der Waals surface area contributed by atoms with Crippen molar-refractivity contribution in [1.29, 1.82) is 0 Å². The molecular formula is C49H33F2N3O. The van der Waals surface area contributed by atoms with Crippen molar-refractivity contribution in [2.75, 3.05) is 0 Å². The Morgan fingerprint density at radius 2 is 1.05 bits per heavy atom. The highest BCUT2D eigenvalue weighted by Gasteiger charge is 2.44. The summed E-state index contributed by atoms with van der Waals surface area (Å²) in [4.78, 5) is 14.6. The van der Waals surface area contributed by atoms with Crippen LogP contribution in [0.1, 0.15) is 41.7 Å². The molecule has 0 radical (unpaired) electrons. The van der Waals surface area contributed by atoms with Crippen LogP contribution in [0.25, 0.3) is 62.1 Å². The molecule has 0 amide bonds. The summed E-state index contributed by atoms with van der Waals surface area (Å²) in [6.45, 7) is 4.49. The maximum Gasteiger partial charge on any atom is 0.178 e. The SMILES string of the molecule is CC1(C)c2ccccc2-c2c1c1c(c3ccccc23)OC(c2ccc(-c3nc(-c4ccccc4)nc(-c4ccccc4)n3)cc2)(c2cc(F)cc(F)c2)C=C1. The van der Waals surface area contributed by atoms with Crippen molar-refractivity contribution in [3.8, 4) is 51.0 Å². The summed E-state index contributed by atoms with van der Waals surface area (Å²) in [6, 6.07) is 47.7. The van der Waals surface area contributed by atoms with Gasteiger partial charge >= 0.3 is 0 Å². The van der Waals surface area contributed by atoms with Gasteiger partial charge in [0, 0.05) is 50.2 Å². The summed E-state index contributed by atoms with van der Waals surface area (Å²) >= 11 is 0. The molecule has 2 aliphatic rings. The van der Waals surface area contributed by atoms with Crippen LogP contribution in [0.5, 0.6) is 5.75 Å². The number of benzene rings is 7. The summed E-state index contributed by atoms with van der Waals surface area (Å²) in [5.41, 5.74) is 7.63. The molecule has 2 heterocycles. The number of fused-ring (bicyclic) bond motifs is 8. The number of hydrogen-bond donors (Lipinski definition) is 0. The Kier molecular flexibility index (Phi) is 7.39. The third-order valence-corrected chi connectivity index (χ3v) is 11.0. The molecule has 0 spiro atoms. The Bertz CT molecular complexity index is 2760. The lowest BCUT2D eigenvalue weighted by molar-refractivity contribution is 0.162. The van der Waals surface area contributed by atoms with Crippen molar-refractivity contribution < 1.29 is 13.5 Å². The number of halogens is 2. The smallest absolute Gasteiger partial charge is 0.178 e. The van der Waals surface area contributed by atoms with E-state index in [2.05, 4.69) is 56.3 Å². The van der Waals surface area contributed by atoms with Crippen molar-refractivity contribution in [3.05, 3.63) is 197 Å². The predicted molar refractivity (Wildman–Crippen MR) is 214 cm³/mol. The first kappa shape index (κ1) is 32.8. The van der Waals surface area contributed by atoms with Gasteiger partial charge in [0.2, 0.25) is 0 Å². The van der Waals surface area contributed by atoms with Gasteiger partial charge in [-0.25, -0.2) is 23.7 Å². The number of ether oxygens (including phenoxy) is 1. The highest BCUT2D eigenvalue weighted by Crippen LogP contribution is 2.58. The maximum atomic E-state index is 15.1. The van der Waals surface area contributed by atoms with Crippen LogP contribution < -0.4 is 4.74 Å². The summed E-state index contributed by atoms with van der Waals surface area (Å²) in [5.74, 6) is 0.912. The van der Waals surface area contributed by atoms with Crippen molar-refractivity contribution in [2.45, 2.75) is 24.9 Å². The van der Waals surface area contributed by atoms with Gasteiger partial charge in [-0.15, -0.1) is 0 Å². The van der Waals surface area contributed by atoms with Gasteiger partial charge in [0.05, 0.1) is 0 Å². The van der Waals surface area contributed by atoms with Crippen molar-refractivity contribution >= 4 is 16.8 Å². The fraction of sp³-hybridized carbons (Fsp3) is 0.0816. The molecule has 6 heteroatoms. The fourth-order valence-electron chi connectivity index (χ4n) is 8.45. The Morgan fingerprint density at radius 3 is 1.67 bits per heavy atom. The van der Waals surface area contributed by atoms with E-state index in [0.717, 1.165) is 39.1 Å². The van der Waals surface area contributed by atoms with E-state index in [1.807, 2.05) is 103 Å². The van der Waals surface area contributed by atoms with Gasteiger partial charge in [-0.05, 0) is 45.8 Å². The summed E-state index contributed by atoms with van der Waals surface area (Å²) < 4.78 is 37.6. The van der Waals surface area contributed by atoms with E-state index in [4.69, 9.17) is 19.7 Å². The lowest BCUT2D eigenvalue weighted by atomic mass is 9.76. The summed E-state index contributed by atoms with van der Waals surface area (Å²) in [6.07, 6.45) is 4.02. The van der Waals surface area contributed by atoms with Crippen LogP contribution in [0.4, 0.5) is 8.78 Å². The van der Waals surface area contributed by atoms with Gasteiger partial charge in [0.25, 0.3) is 0 Å². The Hall–Kier alpha value is -6.79. The van der Waals surface area contributed by atoms with Crippen molar-refractivity contribution in [1.82, 2.24) is 15.0 Å². The van der Waals surface area contributed by atoms with Crippen LogP contribution in [0, 0.1) is 11.6 Å². The monoisotopic (exact) mass is 717 g/mol. The van der Waals surface area contributed by atoms with Crippen LogP contribution in [0.3, 0.4) is 0 Å². The van der Waals surface area contributed by atoms with Gasteiger partial charge in [0.1, 0.15) is 17.4 Å². The molecular weight excluding hydrogens is 685 g/mol.